The average Bonchev–Trinajstić information content (AvgIpc) is 2.37. The minimum Gasteiger partial charge on any atom is -0.411 e. The molecule has 0 aliphatic carbocycles. The zero-order chi connectivity index (χ0) is 12.1. The Labute approximate surface area is 100 Å². The molecule has 3 nitrogen and oxygen atoms in total. The van der Waals surface area contributed by atoms with E-state index in [1.165, 1.54) is 0 Å². The van der Waals surface area contributed by atoms with E-state index >= 15 is 0 Å². The average molecular weight is 226 g/mol. The van der Waals surface area contributed by atoms with Gasteiger partial charge in [0.05, 0.1) is 5.71 Å². The van der Waals surface area contributed by atoms with Crippen molar-refractivity contribution < 1.29 is 5.21 Å². The molecule has 0 saturated carbocycles. The summed E-state index contributed by atoms with van der Waals surface area (Å²) in [6.45, 7) is 1.95. The van der Waals surface area contributed by atoms with Gasteiger partial charge in [0.15, 0.2) is 0 Å². The molecule has 0 unspecified atom stereocenters. The summed E-state index contributed by atoms with van der Waals surface area (Å²) in [5, 5.41) is 12.4. The molecule has 0 amide bonds. The van der Waals surface area contributed by atoms with Crippen LogP contribution in [0.25, 0.3) is 0 Å². The van der Waals surface area contributed by atoms with Crippen LogP contribution in [0.3, 0.4) is 0 Å². The monoisotopic (exact) mass is 226 g/mol. The Hall–Kier alpha value is -2.16. The molecule has 86 valence electrons. The van der Waals surface area contributed by atoms with Crippen molar-refractivity contribution in [3.63, 3.8) is 0 Å². The summed E-state index contributed by atoms with van der Waals surface area (Å²) in [6.07, 6.45) is 0.530. The Morgan fingerprint density at radius 2 is 1.88 bits per heavy atom. The van der Waals surface area contributed by atoms with Crippen LogP contribution in [-0.4, -0.2) is 15.9 Å². The van der Waals surface area contributed by atoms with Crippen molar-refractivity contribution in [1.29, 1.82) is 0 Å². The topological polar surface area (TPSA) is 45.5 Å². The summed E-state index contributed by atoms with van der Waals surface area (Å²) in [5.74, 6) is 0. The maximum Gasteiger partial charge on any atom is 0.0927 e. The Morgan fingerprint density at radius 1 is 1.12 bits per heavy atom. The van der Waals surface area contributed by atoms with Crippen molar-refractivity contribution in [2.45, 2.75) is 13.3 Å². The summed E-state index contributed by atoms with van der Waals surface area (Å²) >= 11 is 0. The lowest BCUT2D eigenvalue weighted by Gasteiger charge is -2.04. The summed E-state index contributed by atoms with van der Waals surface area (Å²) in [4.78, 5) is 4.39. The second-order valence-electron chi connectivity index (χ2n) is 3.86. The molecule has 0 aliphatic heterocycles. The number of aromatic nitrogens is 1. The highest BCUT2D eigenvalue weighted by atomic mass is 16.4. The number of pyridine rings is 1. The van der Waals surface area contributed by atoms with Gasteiger partial charge < -0.3 is 5.21 Å². The molecule has 1 N–H and O–H groups in total. The van der Waals surface area contributed by atoms with Gasteiger partial charge in [0.25, 0.3) is 0 Å². The first-order valence-corrected chi connectivity index (χ1v) is 5.48. The van der Waals surface area contributed by atoms with Crippen LogP contribution in [-0.2, 0) is 6.42 Å². The smallest absolute Gasteiger partial charge is 0.0927 e. The van der Waals surface area contributed by atoms with Gasteiger partial charge in [-0.3, -0.25) is 4.98 Å². The van der Waals surface area contributed by atoms with Gasteiger partial charge in [-0.05, 0) is 24.6 Å². The number of rotatable bonds is 3. The molecule has 0 spiro atoms. The summed E-state index contributed by atoms with van der Waals surface area (Å²) in [5.41, 5.74) is 3.41. The first kappa shape index (κ1) is 11.3. The quantitative estimate of drug-likeness (QED) is 0.497. The molecule has 0 fully saturated rings. The van der Waals surface area contributed by atoms with Crippen LogP contribution in [0.5, 0.6) is 0 Å². The molecular formula is C14H14N2O. The van der Waals surface area contributed by atoms with Crippen LogP contribution in [0.4, 0.5) is 0 Å². The second-order valence-corrected chi connectivity index (χ2v) is 3.86. The van der Waals surface area contributed by atoms with Crippen LogP contribution < -0.4 is 0 Å². The second kappa shape index (κ2) is 5.25. The SMILES string of the molecule is Cc1cccc(C/C(=N/O)c2ccccc2)n1. The zero-order valence-corrected chi connectivity index (χ0v) is 9.67. The molecule has 2 aromatic rings. The first-order valence-electron chi connectivity index (χ1n) is 5.48. The maximum absolute atomic E-state index is 9.07. The number of aryl methyl sites for hydroxylation is 1. The van der Waals surface area contributed by atoms with E-state index in [4.69, 9.17) is 5.21 Å². The van der Waals surface area contributed by atoms with Crippen LogP contribution in [0.2, 0.25) is 0 Å². The van der Waals surface area contributed by atoms with E-state index in [1.54, 1.807) is 0 Å². The Balaban J connectivity index is 2.23. The normalized spacial score (nSPS) is 11.5. The molecule has 2 rings (SSSR count). The van der Waals surface area contributed by atoms with Crippen LogP contribution in [0.15, 0.2) is 53.7 Å². The van der Waals surface area contributed by atoms with Crippen LogP contribution >= 0.6 is 0 Å². The number of hydrogen-bond acceptors (Lipinski definition) is 3. The molecule has 17 heavy (non-hydrogen) atoms. The fourth-order valence-corrected chi connectivity index (χ4v) is 1.70. The Bertz CT molecular complexity index is 521. The summed E-state index contributed by atoms with van der Waals surface area (Å²) in [7, 11) is 0. The van der Waals surface area contributed by atoms with Gasteiger partial charge in [-0.25, -0.2) is 0 Å². The van der Waals surface area contributed by atoms with E-state index in [9.17, 15) is 0 Å². The minimum atomic E-state index is 0.530. The fourth-order valence-electron chi connectivity index (χ4n) is 1.70. The molecular weight excluding hydrogens is 212 g/mol. The Kier molecular flexibility index (Phi) is 3.50. The number of hydrogen-bond donors (Lipinski definition) is 1. The molecule has 1 aromatic heterocycles. The van der Waals surface area contributed by atoms with Crippen molar-refractivity contribution in [3.8, 4) is 0 Å². The third-order valence-electron chi connectivity index (χ3n) is 2.52. The predicted octanol–water partition coefficient (Wildman–Crippen LogP) is 2.81. The molecule has 0 radical (unpaired) electrons. The zero-order valence-electron chi connectivity index (χ0n) is 9.67. The van der Waals surface area contributed by atoms with Crippen molar-refractivity contribution >= 4 is 5.71 Å². The minimum absolute atomic E-state index is 0.530. The van der Waals surface area contributed by atoms with Crippen LogP contribution in [0, 0.1) is 6.92 Å². The van der Waals surface area contributed by atoms with E-state index < -0.39 is 0 Å². The predicted molar refractivity (Wildman–Crippen MR) is 67.4 cm³/mol. The number of nitrogens with zero attached hydrogens (tertiary/aromatic N) is 2. The van der Waals surface area contributed by atoms with Gasteiger partial charge in [0.2, 0.25) is 0 Å². The number of benzene rings is 1. The van der Waals surface area contributed by atoms with Gasteiger partial charge in [0.1, 0.15) is 0 Å². The van der Waals surface area contributed by atoms with Crippen molar-refractivity contribution in [3.05, 3.63) is 65.5 Å². The van der Waals surface area contributed by atoms with Gasteiger partial charge >= 0.3 is 0 Å². The number of oxime groups is 1. The van der Waals surface area contributed by atoms with Gasteiger partial charge in [0, 0.05) is 17.8 Å². The first-order chi connectivity index (χ1) is 8.29. The van der Waals surface area contributed by atoms with E-state index in [0.717, 1.165) is 17.0 Å². The lowest BCUT2D eigenvalue weighted by atomic mass is 10.1. The molecule has 0 saturated heterocycles. The van der Waals surface area contributed by atoms with E-state index in [2.05, 4.69) is 10.1 Å². The highest BCUT2D eigenvalue weighted by Crippen LogP contribution is 2.07. The van der Waals surface area contributed by atoms with Gasteiger partial charge in [-0.15, -0.1) is 0 Å². The highest BCUT2D eigenvalue weighted by Gasteiger charge is 2.06. The van der Waals surface area contributed by atoms with E-state index in [0.29, 0.717) is 12.1 Å². The summed E-state index contributed by atoms with van der Waals surface area (Å²) < 4.78 is 0. The lowest BCUT2D eigenvalue weighted by Crippen LogP contribution is -2.07. The third kappa shape index (κ3) is 2.91. The largest absolute Gasteiger partial charge is 0.411 e. The highest BCUT2D eigenvalue weighted by molar-refractivity contribution is 6.01. The third-order valence-corrected chi connectivity index (χ3v) is 2.52. The van der Waals surface area contributed by atoms with Crippen molar-refractivity contribution in [2.24, 2.45) is 5.16 Å². The van der Waals surface area contributed by atoms with Crippen molar-refractivity contribution in [2.75, 3.05) is 0 Å². The van der Waals surface area contributed by atoms with E-state index in [-0.39, 0.29) is 0 Å². The molecule has 0 bridgehead atoms. The van der Waals surface area contributed by atoms with Gasteiger partial charge in [-0.2, -0.15) is 0 Å². The molecule has 0 atom stereocenters. The molecule has 3 heteroatoms. The van der Waals surface area contributed by atoms with Crippen molar-refractivity contribution in [1.82, 2.24) is 4.98 Å². The van der Waals surface area contributed by atoms with E-state index in [1.807, 2.05) is 55.5 Å². The fraction of sp³-hybridized carbons (Fsp3) is 0.143. The Morgan fingerprint density at radius 3 is 2.53 bits per heavy atom. The molecule has 1 heterocycles. The maximum atomic E-state index is 9.07. The van der Waals surface area contributed by atoms with Crippen LogP contribution in [0.1, 0.15) is 17.0 Å². The summed E-state index contributed by atoms with van der Waals surface area (Å²) in [6, 6.07) is 15.5. The lowest BCUT2D eigenvalue weighted by molar-refractivity contribution is 0.318. The molecule has 0 aliphatic rings. The van der Waals surface area contributed by atoms with Gasteiger partial charge in [-0.1, -0.05) is 41.6 Å². The standard InChI is InChI=1S/C14H14N2O/c1-11-6-5-9-13(15-11)10-14(16-17)12-7-3-2-4-8-12/h2-9,17H,10H2,1H3/b16-14-. The molecule has 1 aromatic carbocycles.